The fourth-order valence-corrected chi connectivity index (χ4v) is 1.80. The number of hydrogen-bond acceptors (Lipinski definition) is 5. The minimum Gasteiger partial charge on any atom is -0.483 e. The first kappa shape index (κ1) is 14.9. The Labute approximate surface area is 127 Å². The van der Waals surface area contributed by atoms with Gasteiger partial charge in [0.05, 0.1) is 12.1 Å². The van der Waals surface area contributed by atoms with E-state index in [1.807, 2.05) is 0 Å². The highest BCUT2D eigenvalue weighted by atomic mass is 32.1. The lowest BCUT2D eigenvalue weighted by molar-refractivity contribution is -0.123. The third-order valence-corrected chi connectivity index (χ3v) is 2.98. The van der Waals surface area contributed by atoms with E-state index in [0.29, 0.717) is 17.1 Å². The molecule has 2 rings (SSSR count). The first-order valence-corrected chi connectivity index (χ1v) is 6.60. The van der Waals surface area contributed by atoms with Crippen LogP contribution in [0.3, 0.4) is 0 Å². The van der Waals surface area contributed by atoms with Crippen LogP contribution in [-0.2, 0) is 18.4 Å². The van der Waals surface area contributed by atoms with Crippen molar-refractivity contribution in [2.45, 2.75) is 6.54 Å². The smallest absolute Gasteiger partial charge is 0.258 e. The highest BCUT2D eigenvalue weighted by Gasteiger charge is 2.09. The second-order valence-corrected chi connectivity index (χ2v) is 4.72. The maximum atomic E-state index is 11.7. The molecule has 1 aromatic heterocycles. The molecule has 0 saturated heterocycles. The quantitative estimate of drug-likeness (QED) is 0.737. The molecule has 0 atom stereocenters. The molecule has 8 heteroatoms. The monoisotopic (exact) mass is 305 g/mol. The standard InChI is InChI=1S/C13H15N5O2S/c1-18-8-16-17-11(18)6-15-12(19)7-20-10-5-3-2-4-9(10)13(14)21/h2-5,8H,6-7H2,1H3,(H2,14,21)(H,15,19). The molecule has 7 nitrogen and oxygen atoms in total. The molecule has 2 aromatic rings. The van der Waals surface area contributed by atoms with Crippen LogP contribution >= 0.6 is 12.2 Å². The summed E-state index contributed by atoms with van der Waals surface area (Å²) < 4.78 is 7.16. The van der Waals surface area contributed by atoms with Gasteiger partial charge in [-0.2, -0.15) is 0 Å². The summed E-state index contributed by atoms with van der Waals surface area (Å²) in [5.74, 6) is 0.876. The van der Waals surface area contributed by atoms with E-state index in [-0.39, 0.29) is 24.0 Å². The maximum Gasteiger partial charge on any atom is 0.258 e. The number of carbonyl (C=O) groups excluding carboxylic acids is 1. The topological polar surface area (TPSA) is 95.1 Å². The number of ether oxygens (including phenoxy) is 1. The number of aromatic nitrogens is 3. The molecule has 3 N–H and O–H groups in total. The number of nitrogens with one attached hydrogen (secondary N) is 1. The van der Waals surface area contributed by atoms with E-state index in [9.17, 15) is 4.79 Å². The van der Waals surface area contributed by atoms with Crippen molar-refractivity contribution < 1.29 is 9.53 Å². The third-order valence-electron chi connectivity index (χ3n) is 2.76. The summed E-state index contributed by atoms with van der Waals surface area (Å²) in [7, 11) is 1.80. The Morgan fingerprint density at radius 3 is 2.90 bits per heavy atom. The van der Waals surface area contributed by atoms with Gasteiger partial charge in [-0.1, -0.05) is 24.4 Å². The van der Waals surface area contributed by atoms with Gasteiger partial charge in [-0.05, 0) is 12.1 Å². The first-order valence-electron chi connectivity index (χ1n) is 6.19. The second kappa shape index (κ2) is 6.80. The van der Waals surface area contributed by atoms with Crippen molar-refractivity contribution in [1.82, 2.24) is 20.1 Å². The number of hydrogen-bond donors (Lipinski definition) is 2. The number of carbonyl (C=O) groups is 1. The largest absolute Gasteiger partial charge is 0.483 e. The average molecular weight is 305 g/mol. The van der Waals surface area contributed by atoms with Crippen LogP contribution in [0.15, 0.2) is 30.6 Å². The molecule has 0 spiro atoms. The van der Waals surface area contributed by atoms with Gasteiger partial charge in [0.25, 0.3) is 5.91 Å². The number of thiocarbonyl (C=S) groups is 1. The molecule has 1 amide bonds. The summed E-state index contributed by atoms with van der Waals surface area (Å²) in [5, 5.41) is 10.3. The van der Waals surface area contributed by atoms with Gasteiger partial charge in [0.15, 0.2) is 12.4 Å². The van der Waals surface area contributed by atoms with Crippen LogP contribution in [0.25, 0.3) is 0 Å². The molecule has 0 bridgehead atoms. The highest BCUT2D eigenvalue weighted by molar-refractivity contribution is 7.80. The molecule has 1 aromatic carbocycles. The van der Waals surface area contributed by atoms with Crippen molar-refractivity contribution in [2.75, 3.05) is 6.61 Å². The van der Waals surface area contributed by atoms with Crippen molar-refractivity contribution in [1.29, 1.82) is 0 Å². The second-order valence-electron chi connectivity index (χ2n) is 4.28. The highest BCUT2D eigenvalue weighted by Crippen LogP contribution is 2.17. The Bertz CT molecular complexity index is 656. The molecule has 0 radical (unpaired) electrons. The summed E-state index contributed by atoms with van der Waals surface area (Å²) in [4.78, 5) is 12.0. The van der Waals surface area contributed by atoms with Gasteiger partial charge in [0, 0.05) is 7.05 Å². The maximum absolute atomic E-state index is 11.7. The zero-order valence-electron chi connectivity index (χ0n) is 11.4. The van der Waals surface area contributed by atoms with Crippen molar-refractivity contribution in [3.8, 4) is 5.75 Å². The van der Waals surface area contributed by atoms with Crippen molar-refractivity contribution in [2.24, 2.45) is 12.8 Å². The number of nitrogens with two attached hydrogens (primary N) is 1. The van der Waals surface area contributed by atoms with E-state index in [1.165, 1.54) is 0 Å². The van der Waals surface area contributed by atoms with Gasteiger partial charge in [-0.3, -0.25) is 4.79 Å². The van der Waals surface area contributed by atoms with Crippen molar-refractivity contribution in [3.63, 3.8) is 0 Å². The van der Waals surface area contributed by atoms with Crippen LogP contribution in [0.1, 0.15) is 11.4 Å². The van der Waals surface area contributed by atoms with Crippen molar-refractivity contribution >= 4 is 23.1 Å². The summed E-state index contributed by atoms with van der Waals surface area (Å²) in [6, 6.07) is 7.05. The van der Waals surface area contributed by atoms with Crippen LogP contribution in [0.2, 0.25) is 0 Å². The number of amides is 1. The van der Waals surface area contributed by atoms with Crippen LogP contribution in [0, 0.1) is 0 Å². The lowest BCUT2D eigenvalue weighted by Gasteiger charge is -2.10. The Hall–Kier alpha value is -2.48. The van der Waals surface area contributed by atoms with Crippen LogP contribution < -0.4 is 15.8 Å². The fourth-order valence-electron chi connectivity index (χ4n) is 1.64. The Morgan fingerprint density at radius 2 is 2.24 bits per heavy atom. The normalized spacial score (nSPS) is 10.1. The van der Waals surface area contributed by atoms with Gasteiger partial charge in [0.2, 0.25) is 0 Å². The summed E-state index contributed by atoms with van der Waals surface area (Å²) in [6.45, 7) is 0.160. The molecule has 110 valence electrons. The minimum absolute atomic E-state index is 0.128. The van der Waals surface area contributed by atoms with Crippen LogP contribution in [0.4, 0.5) is 0 Å². The SMILES string of the molecule is Cn1cnnc1CNC(=O)COc1ccccc1C(N)=S. The summed E-state index contributed by atoms with van der Waals surface area (Å²) >= 11 is 4.93. The molecule has 0 saturated carbocycles. The molecule has 0 unspecified atom stereocenters. The van der Waals surface area contributed by atoms with Crippen LogP contribution in [-0.4, -0.2) is 32.3 Å². The molecular weight excluding hydrogens is 290 g/mol. The Kier molecular flexibility index (Phi) is 4.83. The van der Waals surface area contributed by atoms with E-state index >= 15 is 0 Å². The number of rotatable bonds is 6. The van der Waals surface area contributed by atoms with Crippen molar-refractivity contribution in [3.05, 3.63) is 42.0 Å². The zero-order valence-corrected chi connectivity index (χ0v) is 12.3. The lowest BCUT2D eigenvalue weighted by atomic mass is 10.2. The molecule has 0 fully saturated rings. The fraction of sp³-hybridized carbons (Fsp3) is 0.231. The van der Waals surface area contributed by atoms with E-state index < -0.39 is 0 Å². The summed E-state index contributed by atoms with van der Waals surface area (Å²) in [5.41, 5.74) is 6.20. The number of benzene rings is 1. The van der Waals surface area contributed by atoms with E-state index in [4.69, 9.17) is 22.7 Å². The third kappa shape index (κ3) is 3.99. The number of nitrogens with zero attached hydrogens (tertiary/aromatic N) is 3. The van der Waals surface area contributed by atoms with Crippen LogP contribution in [0.5, 0.6) is 5.75 Å². The van der Waals surface area contributed by atoms with Gasteiger partial charge in [-0.15, -0.1) is 10.2 Å². The van der Waals surface area contributed by atoms with E-state index in [1.54, 1.807) is 42.2 Å². The Balaban J connectivity index is 1.87. The number of para-hydroxylation sites is 1. The average Bonchev–Trinajstić information content (AvgIpc) is 2.88. The molecule has 0 aliphatic carbocycles. The molecule has 0 aliphatic rings. The molecule has 0 aliphatic heterocycles. The predicted molar refractivity (Wildman–Crippen MR) is 80.7 cm³/mol. The van der Waals surface area contributed by atoms with Gasteiger partial charge < -0.3 is 20.4 Å². The minimum atomic E-state index is -0.268. The number of aryl methyl sites for hydroxylation is 1. The van der Waals surface area contributed by atoms with E-state index in [0.717, 1.165) is 0 Å². The van der Waals surface area contributed by atoms with Gasteiger partial charge in [-0.25, -0.2) is 0 Å². The predicted octanol–water partition coefficient (Wildman–Crippen LogP) is 0.144. The van der Waals surface area contributed by atoms with Gasteiger partial charge >= 0.3 is 0 Å². The lowest BCUT2D eigenvalue weighted by Crippen LogP contribution is -2.29. The first-order chi connectivity index (χ1) is 10.1. The van der Waals surface area contributed by atoms with E-state index in [2.05, 4.69) is 15.5 Å². The Morgan fingerprint density at radius 1 is 1.48 bits per heavy atom. The molecular formula is C13H15N5O2S. The zero-order chi connectivity index (χ0) is 15.2. The van der Waals surface area contributed by atoms with Gasteiger partial charge in [0.1, 0.15) is 17.1 Å². The molecule has 1 heterocycles. The summed E-state index contributed by atoms with van der Waals surface area (Å²) in [6.07, 6.45) is 1.57. The molecule has 21 heavy (non-hydrogen) atoms.